The molecule has 0 radical (unpaired) electrons. The van der Waals surface area contributed by atoms with Crippen molar-refractivity contribution >= 4 is 0 Å². The van der Waals surface area contributed by atoms with Gasteiger partial charge in [0.15, 0.2) is 5.82 Å². The van der Waals surface area contributed by atoms with Crippen molar-refractivity contribution in [1.82, 2.24) is 10.1 Å². The van der Waals surface area contributed by atoms with E-state index in [0.29, 0.717) is 31.0 Å². The lowest BCUT2D eigenvalue weighted by atomic mass is 10.1. The Morgan fingerprint density at radius 2 is 2.11 bits per heavy atom. The Labute approximate surface area is 107 Å². The Morgan fingerprint density at radius 1 is 1.33 bits per heavy atom. The summed E-state index contributed by atoms with van der Waals surface area (Å²) >= 11 is 0. The molecule has 0 fully saturated rings. The van der Waals surface area contributed by atoms with Gasteiger partial charge in [0, 0.05) is 12.8 Å². The first-order valence-electron chi connectivity index (χ1n) is 6.19. The van der Waals surface area contributed by atoms with Crippen molar-refractivity contribution in [2.75, 3.05) is 0 Å². The zero-order valence-corrected chi connectivity index (χ0v) is 10.8. The molecule has 0 amide bonds. The van der Waals surface area contributed by atoms with Crippen LogP contribution in [0.15, 0.2) is 28.8 Å². The van der Waals surface area contributed by atoms with Crippen LogP contribution in [-0.4, -0.2) is 21.4 Å². The first-order valence-corrected chi connectivity index (χ1v) is 6.19. The standard InChI is InChI=1S/C14H18N2O2/c1-10-5-3-4-6-12(10)9-13-15-14(18-16-13)8-7-11(2)17/h3-6,11,17H,7-9H2,1-2H3. The number of aromatic nitrogens is 2. The molecule has 1 unspecified atom stereocenters. The third kappa shape index (κ3) is 3.40. The van der Waals surface area contributed by atoms with E-state index in [9.17, 15) is 5.11 Å². The molecule has 0 saturated heterocycles. The molecule has 4 heteroatoms. The molecule has 1 aromatic carbocycles. The maximum atomic E-state index is 9.20. The fraction of sp³-hybridized carbons (Fsp3) is 0.429. The second-order valence-electron chi connectivity index (χ2n) is 4.60. The molecule has 96 valence electrons. The minimum absolute atomic E-state index is 0.336. The Morgan fingerprint density at radius 3 is 2.83 bits per heavy atom. The molecule has 1 heterocycles. The summed E-state index contributed by atoms with van der Waals surface area (Å²) in [5.41, 5.74) is 2.44. The van der Waals surface area contributed by atoms with Crippen LogP contribution in [0.5, 0.6) is 0 Å². The first kappa shape index (κ1) is 12.8. The molecule has 2 aromatic rings. The first-order chi connectivity index (χ1) is 8.65. The monoisotopic (exact) mass is 246 g/mol. The lowest BCUT2D eigenvalue weighted by molar-refractivity contribution is 0.180. The number of hydrogen-bond donors (Lipinski definition) is 1. The summed E-state index contributed by atoms with van der Waals surface area (Å²) in [7, 11) is 0. The molecule has 0 saturated carbocycles. The summed E-state index contributed by atoms with van der Waals surface area (Å²) in [4.78, 5) is 4.33. The van der Waals surface area contributed by atoms with E-state index < -0.39 is 0 Å². The molecule has 18 heavy (non-hydrogen) atoms. The molecule has 0 aliphatic rings. The van der Waals surface area contributed by atoms with Crippen molar-refractivity contribution in [2.45, 2.75) is 39.2 Å². The van der Waals surface area contributed by atoms with Gasteiger partial charge in [-0.05, 0) is 31.4 Å². The summed E-state index contributed by atoms with van der Waals surface area (Å²) in [6, 6.07) is 8.17. The van der Waals surface area contributed by atoms with Crippen molar-refractivity contribution in [3.05, 3.63) is 47.1 Å². The van der Waals surface area contributed by atoms with Crippen LogP contribution < -0.4 is 0 Å². The molecule has 2 rings (SSSR count). The lowest BCUT2D eigenvalue weighted by Crippen LogP contribution is -2.01. The maximum Gasteiger partial charge on any atom is 0.226 e. The van der Waals surface area contributed by atoms with Crippen molar-refractivity contribution in [3.8, 4) is 0 Å². The third-order valence-electron chi connectivity index (χ3n) is 2.90. The highest BCUT2D eigenvalue weighted by atomic mass is 16.5. The Hall–Kier alpha value is -1.68. The van der Waals surface area contributed by atoms with Gasteiger partial charge >= 0.3 is 0 Å². The van der Waals surface area contributed by atoms with E-state index in [1.54, 1.807) is 6.92 Å². The number of rotatable bonds is 5. The molecule has 1 N–H and O–H groups in total. The SMILES string of the molecule is Cc1ccccc1Cc1noc(CCC(C)O)n1. The summed E-state index contributed by atoms with van der Waals surface area (Å²) in [6.07, 6.45) is 1.62. The van der Waals surface area contributed by atoms with E-state index in [2.05, 4.69) is 29.2 Å². The average molecular weight is 246 g/mol. The highest BCUT2D eigenvalue weighted by Crippen LogP contribution is 2.12. The van der Waals surface area contributed by atoms with Gasteiger partial charge in [0.1, 0.15) is 0 Å². The normalized spacial score (nSPS) is 12.6. The molecule has 1 aromatic heterocycles. The molecule has 0 aliphatic heterocycles. The fourth-order valence-corrected chi connectivity index (χ4v) is 1.77. The quantitative estimate of drug-likeness (QED) is 0.879. The highest BCUT2D eigenvalue weighted by Gasteiger charge is 2.09. The van der Waals surface area contributed by atoms with E-state index in [4.69, 9.17) is 4.52 Å². The topological polar surface area (TPSA) is 59.2 Å². The zero-order chi connectivity index (χ0) is 13.0. The van der Waals surface area contributed by atoms with Crippen LogP contribution in [0.2, 0.25) is 0 Å². The number of aliphatic hydroxyl groups excluding tert-OH is 1. The molecule has 1 atom stereocenters. The molecule has 0 spiro atoms. The van der Waals surface area contributed by atoms with Crippen molar-refractivity contribution < 1.29 is 9.63 Å². The summed E-state index contributed by atoms with van der Waals surface area (Å²) in [6.45, 7) is 3.83. The van der Waals surface area contributed by atoms with Crippen LogP contribution in [-0.2, 0) is 12.8 Å². The van der Waals surface area contributed by atoms with Crippen LogP contribution >= 0.6 is 0 Å². The molecule has 0 bridgehead atoms. The lowest BCUT2D eigenvalue weighted by Gasteiger charge is -2.01. The fourth-order valence-electron chi connectivity index (χ4n) is 1.77. The number of aliphatic hydroxyl groups is 1. The van der Waals surface area contributed by atoms with Crippen LogP contribution in [0.3, 0.4) is 0 Å². The van der Waals surface area contributed by atoms with Gasteiger partial charge < -0.3 is 9.63 Å². The van der Waals surface area contributed by atoms with E-state index in [1.807, 2.05) is 12.1 Å². The zero-order valence-electron chi connectivity index (χ0n) is 10.8. The number of aryl methyl sites for hydroxylation is 2. The highest BCUT2D eigenvalue weighted by molar-refractivity contribution is 5.27. The summed E-state index contributed by atoms with van der Waals surface area (Å²) in [5, 5.41) is 13.2. The maximum absolute atomic E-state index is 9.20. The van der Waals surface area contributed by atoms with E-state index in [-0.39, 0.29) is 6.10 Å². The van der Waals surface area contributed by atoms with Crippen LogP contribution in [0.4, 0.5) is 0 Å². The van der Waals surface area contributed by atoms with Gasteiger partial charge in [0.25, 0.3) is 0 Å². The van der Waals surface area contributed by atoms with Gasteiger partial charge in [-0.1, -0.05) is 29.4 Å². The number of nitrogens with zero attached hydrogens (tertiary/aromatic N) is 2. The van der Waals surface area contributed by atoms with Gasteiger partial charge in [0.2, 0.25) is 5.89 Å². The van der Waals surface area contributed by atoms with Gasteiger partial charge in [-0.3, -0.25) is 0 Å². The van der Waals surface area contributed by atoms with E-state index in [1.165, 1.54) is 11.1 Å². The number of hydrogen-bond acceptors (Lipinski definition) is 4. The summed E-state index contributed by atoms with van der Waals surface area (Å²) < 4.78 is 5.15. The van der Waals surface area contributed by atoms with Crippen LogP contribution in [0.25, 0.3) is 0 Å². The van der Waals surface area contributed by atoms with E-state index >= 15 is 0 Å². The van der Waals surface area contributed by atoms with Crippen molar-refractivity contribution in [3.63, 3.8) is 0 Å². The Balaban J connectivity index is 2.00. The minimum Gasteiger partial charge on any atom is -0.393 e. The second kappa shape index (κ2) is 5.78. The molecular formula is C14H18N2O2. The van der Waals surface area contributed by atoms with Crippen LogP contribution in [0, 0.1) is 6.92 Å². The van der Waals surface area contributed by atoms with Crippen molar-refractivity contribution in [2.24, 2.45) is 0 Å². The largest absolute Gasteiger partial charge is 0.393 e. The predicted molar refractivity (Wildman–Crippen MR) is 68.3 cm³/mol. The third-order valence-corrected chi connectivity index (χ3v) is 2.90. The smallest absolute Gasteiger partial charge is 0.226 e. The van der Waals surface area contributed by atoms with Gasteiger partial charge in [-0.25, -0.2) is 0 Å². The molecular weight excluding hydrogens is 228 g/mol. The number of benzene rings is 1. The van der Waals surface area contributed by atoms with Gasteiger partial charge in [-0.2, -0.15) is 4.98 Å². The average Bonchev–Trinajstić information content (AvgIpc) is 2.77. The molecule has 0 aliphatic carbocycles. The van der Waals surface area contributed by atoms with Gasteiger partial charge in [0.05, 0.1) is 6.10 Å². The molecule has 4 nitrogen and oxygen atoms in total. The predicted octanol–water partition coefficient (Wildman–Crippen LogP) is 2.28. The minimum atomic E-state index is -0.336. The summed E-state index contributed by atoms with van der Waals surface area (Å²) in [5.74, 6) is 1.30. The Kier molecular flexibility index (Phi) is 4.10. The Bertz CT molecular complexity index is 506. The van der Waals surface area contributed by atoms with Crippen LogP contribution in [0.1, 0.15) is 36.2 Å². The van der Waals surface area contributed by atoms with E-state index in [0.717, 1.165) is 0 Å². The van der Waals surface area contributed by atoms with Crippen molar-refractivity contribution in [1.29, 1.82) is 0 Å². The van der Waals surface area contributed by atoms with Gasteiger partial charge in [-0.15, -0.1) is 0 Å². The second-order valence-corrected chi connectivity index (χ2v) is 4.60.